The summed E-state index contributed by atoms with van der Waals surface area (Å²) in [6.07, 6.45) is 0. The number of benzene rings is 8. The third-order valence-electron chi connectivity index (χ3n) is 9.76. The molecule has 0 saturated carbocycles. The summed E-state index contributed by atoms with van der Waals surface area (Å²) in [5, 5.41) is 11.6. The Morgan fingerprint density at radius 3 is 1.39 bits per heavy atom. The molecule has 4 heteroatoms. The van der Waals surface area contributed by atoms with Gasteiger partial charge in [0.2, 0.25) is 0 Å². The summed E-state index contributed by atoms with van der Waals surface area (Å²) in [6.45, 7) is 0. The van der Waals surface area contributed by atoms with Crippen LogP contribution in [0.4, 0.5) is 0 Å². The highest BCUT2D eigenvalue weighted by molar-refractivity contribution is 5.97. The second kappa shape index (κ2) is 14.3. The smallest absolute Gasteiger partial charge is 0.164 e. The number of hydrogen-bond acceptors (Lipinski definition) is 4. The summed E-state index contributed by atoms with van der Waals surface area (Å²) in [5.41, 5.74) is 12.5. The third kappa shape index (κ3) is 6.43. The lowest BCUT2D eigenvalue weighted by molar-refractivity contribution is 1.07. The van der Waals surface area contributed by atoms with Crippen molar-refractivity contribution in [2.75, 3.05) is 0 Å². The Balaban J connectivity index is 1.11. The lowest BCUT2D eigenvalue weighted by Gasteiger charge is -2.17. The van der Waals surface area contributed by atoms with E-state index in [-0.39, 0.29) is 0 Å². The second-order valence-corrected chi connectivity index (χ2v) is 13.2. The van der Waals surface area contributed by atoms with Crippen molar-refractivity contribution in [2.24, 2.45) is 0 Å². The lowest BCUT2D eigenvalue weighted by Crippen LogP contribution is -2.00. The monoisotopic (exact) mass is 688 g/mol. The maximum absolute atomic E-state index is 9.38. The Labute approximate surface area is 314 Å². The van der Waals surface area contributed by atoms with Crippen molar-refractivity contribution in [3.05, 3.63) is 200 Å². The third-order valence-corrected chi connectivity index (χ3v) is 9.76. The molecule has 0 unspecified atom stereocenters. The molecular weight excluding hydrogens is 657 g/mol. The van der Waals surface area contributed by atoms with Gasteiger partial charge < -0.3 is 0 Å². The highest BCUT2D eigenvalue weighted by Gasteiger charge is 2.16. The van der Waals surface area contributed by atoms with Crippen molar-refractivity contribution in [1.29, 1.82) is 5.26 Å². The van der Waals surface area contributed by atoms with Crippen LogP contribution < -0.4 is 0 Å². The number of aromatic nitrogens is 3. The van der Waals surface area contributed by atoms with Gasteiger partial charge in [-0.05, 0) is 79.5 Å². The quantitative estimate of drug-likeness (QED) is 0.167. The summed E-state index contributed by atoms with van der Waals surface area (Å²) in [6, 6.07) is 69.0. The normalized spacial score (nSPS) is 10.9. The Hall–Kier alpha value is -7.48. The predicted molar refractivity (Wildman–Crippen MR) is 220 cm³/mol. The number of rotatable bonds is 7. The summed E-state index contributed by atoms with van der Waals surface area (Å²) in [5.74, 6) is 1.82. The van der Waals surface area contributed by atoms with Gasteiger partial charge in [0.15, 0.2) is 17.5 Å². The van der Waals surface area contributed by atoms with E-state index >= 15 is 0 Å². The molecule has 9 rings (SSSR count). The van der Waals surface area contributed by atoms with Gasteiger partial charge in [-0.15, -0.1) is 0 Å². The SMILES string of the molecule is N#Cc1cccc(-c2ccc(-c3nc(-c4ccccc4)nc(-c4ccc5cc(-c6cccc(-c7ccccc7)c6-c6ccccc6)ccc5c4)n3)cc2)c1. The van der Waals surface area contributed by atoms with E-state index < -0.39 is 0 Å². The molecule has 0 spiro atoms. The van der Waals surface area contributed by atoms with Crippen molar-refractivity contribution in [3.63, 3.8) is 0 Å². The van der Waals surface area contributed by atoms with Crippen molar-refractivity contribution in [2.45, 2.75) is 0 Å². The zero-order valence-electron chi connectivity index (χ0n) is 29.3. The second-order valence-electron chi connectivity index (χ2n) is 13.2. The van der Waals surface area contributed by atoms with Gasteiger partial charge in [0, 0.05) is 16.7 Å². The van der Waals surface area contributed by atoms with Gasteiger partial charge in [0.05, 0.1) is 11.6 Å². The highest BCUT2D eigenvalue weighted by Crippen LogP contribution is 2.41. The molecule has 0 N–H and O–H groups in total. The first-order valence-corrected chi connectivity index (χ1v) is 17.9. The first-order chi connectivity index (χ1) is 26.7. The van der Waals surface area contributed by atoms with E-state index in [1.807, 2.05) is 78.9 Å². The molecule has 0 aliphatic rings. The van der Waals surface area contributed by atoms with Gasteiger partial charge >= 0.3 is 0 Å². The minimum absolute atomic E-state index is 0.596. The van der Waals surface area contributed by atoms with E-state index in [0.717, 1.165) is 44.2 Å². The Morgan fingerprint density at radius 1 is 0.315 bits per heavy atom. The molecule has 0 radical (unpaired) electrons. The number of nitriles is 1. The van der Waals surface area contributed by atoms with Crippen molar-refractivity contribution in [1.82, 2.24) is 15.0 Å². The maximum Gasteiger partial charge on any atom is 0.164 e. The summed E-state index contributed by atoms with van der Waals surface area (Å²) in [4.78, 5) is 14.9. The molecule has 4 nitrogen and oxygen atoms in total. The summed E-state index contributed by atoms with van der Waals surface area (Å²) >= 11 is 0. The van der Waals surface area contributed by atoms with Crippen LogP contribution in [0.5, 0.6) is 0 Å². The first-order valence-electron chi connectivity index (χ1n) is 17.9. The first kappa shape index (κ1) is 32.4. The van der Waals surface area contributed by atoms with Gasteiger partial charge in [-0.2, -0.15) is 5.26 Å². The minimum Gasteiger partial charge on any atom is -0.208 e. The predicted octanol–water partition coefficient (Wildman–Crippen LogP) is 12.6. The fourth-order valence-electron chi connectivity index (χ4n) is 7.05. The van der Waals surface area contributed by atoms with Crippen LogP contribution in [-0.2, 0) is 0 Å². The fraction of sp³-hybridized carbons (Fsp3) is 0. The molecule has 54 heavy (non-hydrogen) atoms. The zero-order valence-corrected chi connectivity index (χ0v) is 29.3. The zero-order chi connectivity index (χ0) is 36.3. The van der Waals surface area contributed by atoms with Crippen LogP contribution in [0.2, 0.25) is 0 Å². The van der Waals surface area contributed by atoms with E-state index in [2.05, 4.69) is 121 Å². The molecule has 0 aliphatic carbocycles. The lowest BCUT2D eigenvalue weighted by atomic mass is 9.87. The molecule has 0 fully saturated rings. The Morgan fingerprint density at radius 2 is 0.759 bits per heavy atom. The molecule has 0 amide bonds. The van der Waals surface area contributed by atoms with E-state index in [1.54, 1.807) is 0 Å². The van der Waals surface area contributed by atoms with E-state index in [9.17, 15) is 5.26 Å². The van der Waals surface area contributed by atoms with Crippen LogP contribution in [0.25, 0.3) is 89.4 Å². The average Bonchev–Trinajstić information content (AvgIpc) is 3.26. The van der Waals surface area contributed by atoms with Crippen LogP contribution in [0.1, 0.15) is 5.56 Å². The minimum atomic E-state index is 0.596. The summed E-state index contributed by atoms with van der Waals surface area (Å²) in [7, 11) is 0. The fourth-order valence-corrected chi connectivity index (χ4v) is 7.05. The van der Waals surface area contributed by atoms with Gasteiger partial charge in [0.25, 0.3) is 0 Å². The molecule has 0 saturated heterocycles. The van der Waals surface area contributed by atoms with Gasteiger partial charge in [-0.25, -0.2) is 15.0 Å². The molecule has 1 aromatic heterocycles. The number of hydrogen-bond donors (Lipinski definition) is 0. The topological polar surface area (TPSA) is 62.5 Å². The average molecular weight is 689 g/mol. The number of nitrogens with zero attached hydrogens (tertiary/aromatic N) is 4. The van der Waals surface area contributed by atoms with Gasteiger partial charge in [-0.1, -0.05) is 170 Å². The van der Waals surface area contributed by atoms with Crippen molar-refractivity contribution in [3.8, 4) is 84.7 Å². The largest absolute Gasteiger partial charge is 0.208 e. The number of fused-ring (bicyclic) bond motifs is 1. The Kier molecular flexibility index (Phi) is 8.57. The molecule has 0 bridgehead atoms. The molecule has 9 aromatic rings. The molecule has 0 aliphatic heterocycles. The van der Waals surface area contributed by atoms with E-state index in [4.69, 9.17) is 15.0 Å². The van der Waals surface area contributed by atoms with Crippen LogP contribution in [0.3, 0.4) is 0 Å². The standard InChI is InChI=1S/C50H32N4/c51-33-34-12-10-19-40(30-34)35-22-24-39(25-23-35)49-52-48(38-17-8-3-9-18-38)53-50(54-49)44-29-27-41-31-43(28-26-42(41)32-44)46-21-11-20-45(36-13-4-1-5-14-36)47(46)37-15-6-2-7-16-37/h1-32H. The molecule has 252 valence electrons. The van der Waals surface area contributed by atoms with Crippen molar-refractivity contribution >= 4 is 10.8 Å². The van der Waals surface area contributed by atoms with Crippen LogP contribution in [0, 0.1) is 11.3 Å². The molecular formula is C50H32N4. The van der Waals surface area contributed by atoms with Crippen LogP contribution >= 0.6 is 0 Å². The molecule has 1 heterocycles. The van der Waals surface area contributed by atoms with Gasteiger partial charge in [0.1, 0.15) is 0 Å². The molecule has 8 aromatic carbocycles. The van der Waals surface area contributed by atoms with Crippen LogP contribution in [-0.4, -0.2) is 15.0 Å². The summed E-state index contributed by atoms with van der Waals surface area (Å²) < 4.78 is 0. The van der Waals surface area contributed by atoms with E-state index in [0.29, 0.717) is 23.0 Å². The van der Waals surface area contributed by atoms with Crippen molar-refractivity contribution < 1.29 is 0 Å². The van der Waals surface area contributed by atoms with E-state index in [1.165, 1.54) is 27.8 Å². The van der Waals surface area contributed by atoms with Gasteiger partial charge in [-0.3, -0.25) is 0 Å². The highest BCUT2D eigenvalue weighted by atomic mass is 15.0. The maximum atomic E-state index is 9.38. The Bertz CT molecular complexity index is 2810. The molecule has 0 atom stereocenters. The van der Waals surface area contributed by atoms with Crippen LogP contribution in [0.15, 0.2) is 194 Å².